The average Bonchev–Trinajstić information content (AvgIpc) is 2.88. The number of aromatic nitrogens is 2. The number of H-pyrrole nitrogens is 1. The molecular formula is C16H25N3O6. The van der Waals surface area contributed by atoms with Gasteiger partial charge in [0.15, 0.2) is 6.23 Å². The van der Waals surface area contributed by atoms with Gasteiger partial charge in [-0.3, -0.25) is 19.2 Å². The molecule has 0 bridgehead atoms. The van der Waals surface area contributed by atoms with Gasteiger partial charge in [0.05, 0.1) is 13.2 Å². The van der Waals surface area contributed by atoms with Gasteiger partial charge in [-0.15, -0.1) is 0 Å². The maximum atomic E-state index is 12.1. The highest BCUT2D eigenvalue weighted by molar-refractivity contribution is 5.04. The molecule has 2 N–H and O–H groups in total. The van der Waals surface area contributed by atoms with E-state index in [9.17, 15) is 14.7 Å². The molecule has 0 aliphatic carbocycles. The molecule has 2 saturated heterocycles. The fraction of sp³-hybridized carbons (Fsp3) is 0.750. The first-order chi connectivity index (χ1) is 12.0. The molecule has 1 aromatic rings. The molecular weight excluding hydrogens is 330 g/mol. The summed E-state index contributed by atoms with van der Waals surface area (Å²) < 4.78 is 18.3. The number of morpholine rings is 1. The van der Waals surface area contributed by atoms with Crippen LogP contribution >= 0.6 is 0 Å². The van der Waals surface area contributed by atoms with Gasteiger partial charge in [0.1, 0.15) is 17.8 Å². The van der Waals surface area contributed by atoms with Crippen LogP contribution in [0.1, 0.15) is 19.6 Å². The van der Waals surface area contributed by atoms with Gasteiger partial charge in [0, 0.05) is 39.0 Å². The Hall–Kier alpha value is -1.52. The van der Waals surface area contributed by atoms with Gasteiger partial charge < -0.3 is 19.3 Å². The second-order valence-electron chi connectivity index (χ2n) is 6.48. The summed E-state index contributed by atoms with van der Waals surface area (Å²) in [7, 11) is 1.47. The van der Waals surface area contributed by atoms with E-state index in [0.29, 0.717) is 26.2 Å². The van der Waals surface area contributed by atoms with Crippen LogP contribution in [-0.4, -0.2) is 77.3 Å². The predicted octanol–water partition coefficient (Wildman–Crippen LogP) is -1.08. The lowest BCUT2D eigenvalue weighted by Gasteiger charge is -2.38. The summed E-state index contributed by atoms with van der Waals surface area (Å²) in [6.07, 6.45) is -0.519. The van der Waals surface area contributed by atoms with Crippen molar-refractivity contribution in [1.82, 2.24) is 14.5 Å². The molecule has 4 atom stereocenters. The first-order valence-electron chi connectivity index (χ1n) is 8.51. The van der Waals surface area contributed by atoms with Crippen LogP contribution in [0.3, 0.4) is 0 Å². The molecule has 3 heterocycles. The van der Waals surface area contributed by atoms with Crippen LogP contribution in [-0.2, 0) is 14.2 Å². The smallest absolute Gasteiger partial charge is 0.330 e. The minimum Gasteiger partial charge on any atom is -0.387 e. The number of nitrogens with zero attached hydrogens (tertiary/aromatic N) is 2. The van der Waals surface area contributed by atoms with Gasteiger partial charge >= 0.3 is 5.69 Å². The summed E-state index contributed by atoms with van der Waals surface area (Å²) in [5.41, 5.74) is -1.94. The number of hydrogen-bond donors (Lipinski definition) is 2. The highest BCUT2D eigenvalue weighted by Gasteiger charge is 2.55. The number of aliphatic hydroxyl groups is 1. The summed E-state index contributed by atoms with van der Waals surface area (Å²) in [5, 5.41) is 10.9. The average molecular weight is 355 g/mol. The molecule has 0 aromatic carbocycles. The Morgan fingerprint density at radius 2 is 2.12 bits per heavy atom. The molecule has 9 nitrogen and oxygen atoms in total. The van der Waals surface area contributed by atoms with E-state index in [2.05, 4.69) is 9.88 Å². The molecule has 140 valence electrons. The second-order valence-corrected chi connectivity index (χ2v) is 6.48. The summed E-state index contributed by atoms with van der Waals surface area (Å²) in [5.74, 6) is 0. The van der Waals surface area contributed by atoms with E-state index >= 15 is 0 Å². The van der Waals surface area contributed by atoms with Crippen LogP contribution in [0.15, 0.2) is 21.9 Å². The molecule has 4 unspecified atom stereocenters. The van der Waals surface area contributed by atoms with Crippen molar-refractivity contribution >= 4 is 0 Å². The van der Waals surface area contributed by atoms with Crippen molar-refractivity contribution in [1.29, 1.82) is 0 Å². The van der Waals surface area contributed by atoms with Crippen molar-refractivity contribution in [3.63, 3.8) is 0 Å². The molecule has 1 aromatic heterocycles. The van der Waals surface area contributed by atoms with Crippen molar-refractivity contribution in [2.45, 2.75) is 37.4 Å². The Morgan fingerprint density at radius 3 is 2.72 bits per heavy atom. The lowest BCUT2D eigenvalue weighted by atomic mass is 9.91. The van der Waals surface area contributed by atoms with Crippen molar-refractivity contribution in [2.75, 3.05) is 40.0 Å². The molecule has 3 rings (SSSR count). The normalized spacial score (nSPS) is 33.6. The van der Waals surface area contributed by atoms with Crippen LogP contribution in [0, 0.1) is 0 Å². The third-order valence-electron chi connectivity index (χ3n) is 5.08. The lowest BCUT2D eigenvalue weighted by molar-refractivity contribution is -0.127. The second kappa shape index (κ2) is 7.38. The maximum absolute atomic E-state index is 12.1. The van der Waals surface area contributed by atoms with Crippen LogP contribution in [0.4, 0.5) is 0 Å². The van der Waals surface area contributed by atoms with E-state index < -0.39 is 35.3 Å². The van der Waals surface area contributed by atoms with Crippen LogP contribution in [0.2, 0.25) is 0 Å². The first kappa shape index (κ1) is 18.3. The number of ether oxygens (including phenoxy) is 3. The Balaban J connectivity index is 1.90. The van der Waals surface area contributed by atoms with E-state index in [1.165, 1.54) is 23.9 Å². The summed E-state index contributed by atoms with van der Waals surface area (Å²) in [6, 6.07) is 1.25. The van der Waals surface area contributed by atoms with Crippen LogP contribution < -0.4 is 11.2 Å². The molecule has 25 heavy (non-hydrogen) atoms. The van der Waals surface area contributed by atoms with Gasteiger partial charge in [-0.2, -0.15) is 0 Å². The molecule has 0 spiro atoms. The number of aromatic amines is 1. The first-order valence-corrected chi connectivity index (χ1v) is 8.51. The number of aliphatic hydroxyl groups excluding tert-OH is 1. The third-order valence-corrected chi connectivity index (χ3v) is 5.08. The van der Waals surface area contributed by atoms with Crippen LogP contribution in [0.25, 0.3) is 0 Å². The van der Waals surface area contributed by atoms with E-state index in [-0.39, 0.29) is 0 Å². The topological polar surface area (TPSA) is 106 Å². The van der Waals surface area contributed by atoms with E-state index in [4.69, 9.17) is 14.2 Å². The maximum Gasteiger partial charge on any atom is 0.330 e. The van der Waals surface area contributed by atoms with Gasteiger partial charge in [-0.1, -0.05) is 6.92 Å². The minimum atomic E-state index is -0.908. The summed E-state index contributed by atoms with van der Waals surface area (Å²) in [6.45, 7) is 5.27. The lowest BCUT2D eigenvalue weighted by Crippen LogP contribution is -2.53. The fourth-order valence-corrected chi connectivity index (χ4v) is 3.59. The highest BCUT2D eigenvalue weighted by Crippen LogP contribution is 2.40. The monoisotopic (exact) mass is 355 g/mol. The van der Waals surface area contributed by atoms with Crippen molar-refractivity contribution in [2.24, 2.45) is 0 Å². The third kappa shape index (κ3) is 3.42. The van der Waals surface area contributed by atoms with Crippen molar-refractivity contribution < 1.29 is 19.3 Å². The molecule has 2 aliphatic rings. The summed E-state index contributed by atoms with van der Waals surface area (Å²) >= 11 is 0. The molecule has 2 aliphatic heterocycles. The zero-order valence-electron chi connectivity index (χ0n) is 14.5. The van der Waals surface area contributed by atoms with Crippen molar-refractivity contribution in [3.8, 4) is 0 Å². The fourth-order valence-electron chi connectivity index (χ4n) is 3.59. The molecule has 9 heteroatoms. The standard InChI is InChI=1S/C16H25N3O6/c1-3-16(10-18-6-8-24-9-7-18)13(21)12(23-2)14(25-16)19-5-4-11(20)17-15(19)22/h4-5,12-14,21H,3,6-10H2,1-2H3,(H,17,20,22). The Bertz CT molecular complexity index is 698. The van der Waals surface area contributed by atoms with Gasteiger partial charge in [0.25, 0.3) is 5.56 Å². The van der Waals surface area contributed by atoms with E-state index in [0.717, 1.165) is 13.1 Å². The zero-order chi connectivity index (χ0) is 18.0. The molecule has 0 saturated carbocycles. The number of nitrogens with one attached hydrogen (secondary N) is 1. The van der Waals surface area contributed by atoms with Gasteiger partial charge in [0.2, 0.25) is 0 Å². The number of rotatable bonds is 5. The molecule has 0 amide bonds. The molecule has 2 fully saturated rings. The number of methoxy groups -OCH3 is 1. The Morgan fingerprint density at radius 1 is 1.40 bits per heavy atom. The summed E-state index contributed by atoms with van der Waals surface area (Å²) in [4.78, 5) is 27.8. The molecule has 0 radical (unpaired) electrons. The van der Waals surface area contributed by atoms with E-state index in [1.54, 1.807) is 0 Å². The predicted molar refractivity (Wildman–Crippen MR) is 88.5 cm³/mol. The quantitative estimate of drug-likeness (QED) is 0.692. The Kier molecular flexibility index (Phi) is 5.40. The SMILES string of the molecule is CCC1(CN2CCOCC2)OC(n2ccc(=O)[nH]c2=O)C(OC)C1O. The Labute approximate surface area is 145 Å². The van der Waals surface area contributed by atoms with Gasteiger partial charge in [-0.25, -0.2) is 4.79 Å². The number of hydrogen-bond acceptors (Lipinski definition) is 7. The zero-order valence-corrected chi connectivity index (χ0v) is 14.5. The van der Waals surface area contributed by atoms with E-state index in [1.807, 2.05) is 6.92 Å². The van der Waals surface area contributed by atoms with Gasteiger partial charge in [-0.05, 0) is 6.42 Å². The largest absolute Gasteiger partial charge is 0.387 e. The van der Waals surface area contributed by atoms with Crippen LogP contribution in [0.5, 0.6) is 0 Å². The van der Waals surface area contributed by atoms with Crippen molar-refractivity contribution in [3.05, 3.63) is 33.1 Å². The highest BCUT2D eigenvalue weighted by atomic mass is 16.6. The minimum absolute atomic E-state index is 0.483.